The van der Waals surface area contributed by atoms with E-state index in [0.717, 1.165) is 17.6 Å². The van der Waals surface area contributed by atoms with E-state index in [2.05, 4.69) is 27.2 Å². The van der Waals surface area contributed by atoms with Crippen molar-refractivity contribution in [1.29, 1.82) is 0 Å². The molecule has 4 heteroatoms. The molecule has 2 nitrogen and oxygen atoms in total. The first-order valence-electron chi connectivity index (χ1n) is 4.83. The molecule has 0 aliphatic heterocycles. The van der Waals surface area contributed by atoms with Gasteiger partial charge in [0.2, 0.25) is 0 Å². The molecule has 0 amide bonds. The zero-order chi connectivity index (χ0) is 11.9. The van der Waals surface area contributed by atoms with Crippen molar-refractivity contribution in [2.45, 2.75) is 12.8 Å². The Bertz CT molecular complexity index is 494. The van der Waals surface area contributed by atoms with Crippen molar-refractivity contribution in [3.63, 3.8) is 0 Å². The predicted molar refractivity (Wildman–Crippen MR) is 62.8 cm³/mol. The average Bonchev–Trinajstić information content (AvgIpc) is 2.60. The molecule has 2 rings (SSSR count). The van der Waals surface area contributed by atoms with Crippen LogP contribution in [0.15, 0.2) is 17.1 Å². The van der Waals surface area contributed by atoms with Crippen LogP contribution >= 0.6 is 15.9 Å². The summed E-state index contributed by atoms with van der Waals surface area (Å²) >= 11 is 3.29. The van der Waals surface area contributed by atoms with Gasteiger partial charge in [0, 0.05) is 4.47 Å². The lowest BCUT2D eigenvalue weighted by Gasteiger charge is -2.10. The maximum atomic E-state index is 13.7. The molecule has 0 saturated carbocycles. The Kier molecular flexibility index (Phi) is 2.84. The van der Waals surface area contributed by atoms with Crippen LogP contribution in [0, 0.1) is 5.82 Å². The molecule has 1 aliphatic rings. The summed E-state index contributed by atoms with van der Waals surface area (Å²) < 4.78 is 19.0. The van der Waals surface area contributed by atoms with Gasteiger partial charge in [-0.1, -0.05) is 22.5 Å². The number of methoxy groups -OCH3 is 1. The van der Waals surface area contributed by atoms with Gasteiger partial charge in [0.1, 0.15) is 5.82 Å². The van der Waals surface area contributed by atoms with E-state index in [9.17, 15) is 9.18 Å². The molecular formula is C12H10BrFO2. The van der Waals surface area contributed by atoms with E-state index in [1.54, 1.807) is 0 Å². The van der Waals surface area contributed by atoms with Crippen LogP contribution in [0.5, 0.6) is 0 Å². The Morgan fingerprint density at radius 1 is 1.56 bits per heavy atom. The standard InChI is InChI=1S/C12H10BrFO2/c1-6-3-4-7-10(6)8(13)5-9(14)11(7)12(15)16-2/h5H,1,3-4H2,2H3. The molecule has 0 atom stereocenters. The van der Waals surface area contributed by atoms with Gasteiger partial charge < -0.3 is 4.74 Å². The number of ether oxygens (including phenoxy) is 1. The number of hydrogen-bond donors (Lipinski definition) is 0. The Morgan fingerprint density at radius 3 is 2.88 bits per heavy atom. The largest absolute Gasteiger partial charge is 0.465 e. The molecule has 1 aliphatic carbocycles. The number of carbonyl (C=O) groups is 1. The van der Waals surface area contributed by atoms with E-state index in [0.29, 0.717) is 16.5 Å². The van der Waals surface area contributed by atoms with Crippen molar-refractivity contribution < 1.29 is 13.9 Å². The second-order valence-electron chi connectivity index (χ2n) is 3.66. The molecule has 84 valence electrons. The molecule has 0 bridgehead atoms. The summed E-state index contributed by atoms with van der Waals surface area (Å²) in [4.78, 5) is 11.5. The van der Waals surface area contributed by atoms with Crippen LogP contribution in [0.3, 0.4) is 0 Å². The minimum atomic E-state index is -0.629. The zero-order valence-corrected chi connectivity index (χ0v) is 10.4. The fourth-order valence-corrected chi connectivity index (χ4v) is 2.75. The van der Waals surface area contributed by atoms with Gasteiger partial charge in [-0.25, -0.2) is 9.18 Å². The molecule has 16 heavy (non-hydrogen) atoms. The van der Waals surface area contributed by atoms with E-state index in [-0.39, 0.29) is 5.56 Å². The van der Waals surface area contributed by atoms with Crippen LogP contribution < -0.4 is 0 Å². The number of fused-ring (bicyclic) bond motifs is 1. The lowest BCUT2D eigenvalue weighted by atomic mass is 10.0. The monoisotopic (exact) mass is 284 g/mol. The van der Waals surface area contributed by atoms with E-state index in [1.165, 1.54) is 13.2 Å². The lowest BCUT2D eigenvalue weighted by Crippen LogP contribution is -2.09. The van der Waals surface area contributed by atoms with Crippen LogP contribution in [-0.2, 0) is 11.2 Å². The summed E-state index contributed by atoms with van der Waals surface area (Å²) in [5, 5.41) is 0. The molecule has 0 fully saturated rings. The first-order valence-corrected chi connectivity index (χ1v) is 5.63. The van der Waals surface area contributed by atoms with Gasteiger partial charge in [0.25, 0.3) is 0 Å². The topological polar surface area (TPSA) is 26.3 Å². The van der Waals surface area contributed by atoms with Crippen molar-refractivity contribution in [2.75, 3.05) is 7.11 Å². The van der Waals surface area contributed by atoms with Crippen molar-refractivity contribution in [3.05, 3.63) is 39.6 Å². The van der Waals surface area contributed by atoms with Gasteiger partial charge in [-0.3, -0.25) is 0 Å². The molecule has 0 aromatic heterocycles. The number of carbonyl (C=O) groups excluding carboxylic acids is 1. The summed E-state index contributed by atoms with van der Waals surface area (Å²) in [6.45, 7) is 3.91. The second kappa shape index (κ2) is 4.01. The molecule has 0 N–H and O–H groups in total. The van der Waals surface area contributed by atoms with E-state index in [4.69, 9.17) is 0 Å². The Labute approximate surface area is 101 Å². The van der Waals surface area contributed by atoms with Gasteiger partial charge in [0.05, 0.1) is 12.7 Å². The van der Waals surface area contributed by atoms with Gasteiger partial charge in [0.15, 0.2) is 0 Å². The molecule has 1 aromatic rings. The summed E-state index contributed by atoms with van der Waals surface area (Å²) in [5.41, 5.74) is 2.51. The highest BCUT2D eigenvalue weighted by Crippen LogP contribution is 2.39. The average molecular weight is 285 g/mol. The van der Waals surface area contributed by atoms with Crippen LogP contribution in [0.1, 0.15) is 27.9 Å². The fourth-order valence-electron chi connectivity index (χ4n) is 2.02. The number of esters is 1. The predicted octanol–water partition coefficient (Wildman–Crippen LogP) is 3.33. The van der Waals surface area contributed by atoms with Crippen molar-refractivity contribution >= 4 is 27.5 Å². The van der Waals surface area contributed by atoms with Crippen molar-refractivity contribution in [3.8, 4) is 0 Å². The molecule has 0 radical (unpaired) electrons. The van der Waals surface area contributed by atoms with E-state index >= 15 is 0 Å². The van der Waals surface area contributed by atoms with Gasteiger partial charge in [-0.15, -0.1) is 0 Å². The molecule has 0 unspecified atom stereocenters. The van der Waals surface area contributed by atoms with E-state index in [1.807, 2.05) is 0 Å². The third kappa shape index (κ3) is 1.57. The Balaban J connectivity index is 2.72. The SMILES string of the molecule is C=C1CCc2c(C(=O)OC)c(F)cc(Br)c21. The molecular weight excluding hydrogens is 275 g/mol. The van der Waals surface area contributed by atoms with Crippen LogP contribution in [-0.4, -0.2) is 13.1 Å². The summed E-state index contributed by atoms with van der Waals surface area (Å²) in [5.74, 6) is -1.18. The maximum Gasteiger partial charge on any atom is 0.341 e. The third-order valence-corrected chi connectivity index (χ3v) is 3.38. The normalized spacial score (nSPS) is 13.8. The summed E-state index contributed by atoms with van der Waals surface area (Å²) in [6.07, 6.45) is 1.39. The number of rotatable bonds is 1. The highest BCUT2D eigenvalue weighted by Gasteiger charge is 2.27. The quantitative estimate of drug-likeness (QED) is 0.740. The van der Waals surface area contributed by atoms with Gasteiger partial charge >= 0.3 is 5.97 Å². The van der Waals surface area contributed by atoms with Crippen molar-refractivity contribution in [2.24, 2.45) is 0 Å². The number of halogens is 2. The number of benzene rings is 1. The Hall–Kier alpha value is -1.16. The smallest absolute Gasteiger partial charge is 0.341 e. The zero-order valence-electron chi connectivity index (χ0n) is 8.77. The van der Waals surface area contributed by atoms with Crippen LogP contribution in [0.25, 0.3) is 5.57 Å². The minimum Gasteiger partial charge on any atom is -0.465 e. The molecule has 0 spiro atoms. The summed E-state index contributed by atoms with van der Waals surface area (Å²) in [7, 11) is 1.25. The van der Waals surface area contributed by atoms with Crippen LogP contribution in [0.4, 0.5) is 4.39 Å². The molecule has 0 saturated heterocycles. The minimum absolute atomic E-state index is 0.0411. The van der Waals surface area contributed by atoms with Crippen LogP contribution in [0.2, 0.25) is 0 Å². The van der Waals surface area contributed by atoms with Gasteiger partial charge in [-0.05, 0) is 35.6 Å². The van der Waals surface area contributed by atoms with Gasteiger partial charge in [-0.2, -0.15) is 0 Å². The second-order valence-corrected chi connectivity index (χ2v) is 4.52. The maximum absolute atomic E-state index is 13.7. The number of hydrogen-bond acceptors (Lipinski definition) is 2. The molecule has 0 heterocycles. The van der Waals surface area contributed by atoms with Crippen molar-refractivity contribution in [1.82, 2.24) is 0 Å². The van der Waals surface area contributed by atoms with E-state index < -0.39 is 11.8 Å². The molecule has 1 aromatic carbocycles. The summed E-state index contributed by atoms with van der Waals surface area (Å²) in [6, 6.07) is 1.29. The fraction of sp³-hybridized carbons (Fsp3) is 0.250. The Morgan fingerprint density at radius 2 is 2.25 bits per heavy atom. The first-order chi connectivity index (χ1) is 7.56. The lowest BCUT2D eigenvalue weighted by molar-refractivity contribution is 0.0594. The number of allylic oxidation sites excluding steroid dienone is 1. The highest BCUT2D eigenvalue weighted by molar-refractivity contribution is 9.10. The highest BCUT2D eigenvalue weighted by atomic mass is 79.9. The third-order valence-electron chi connectivity index (χ3n) is 2.75. The first kappa shape index (κ1) is 11.3.